The van der Waals surface area contributed by atoms with E-state index in [9.17, 15) is 5.11 Å². The molecule has 1 saturated heterocycles. The number of piperidine rings is 1. The first-order valence-corrected chi connectivity index (χ1v) is 7.71. The average Bonchev–Trinajstić information content (AvgIpc) is 2.38. The first kappa shape index (κ1) is 14.8. The summed E-state index contributed by atoms with van der Waals surface area (Å²) in [5.74, 6) is 1.54. The lowest BCUT2D eigenvalue weighted by atomic mass is 10.0. The van der Waals surface area contributed by atoms with Gasteiger partial charge in [-0.3, -0.25) is 0 Å². The molecule has 0 aliphatic carbocycles. The van der Waals surface area contributed by atoms with E-state index in [0.717, 1.165) is 29.2 Å². The van der Waals surface area contributed by atoms with Crippen molar-refractivity contribution in [3.63, 3.8) is 0 Å². The third-order valence-corrected chi connectivity index (χ3v) is 3.99. The van der Waals surface area contributed by atoms with Crippen LogP contribution in [0.2, 0.25) is 0 Å². The van der Waals surface area contributed by atoms with Gasteiger partial charge in [-0.05, 0) is 49.6 Å². The number of ether oxygens (including phenoxy) is 1. The first-order valence-electron chi connectivity index (χ1n) is 6.92. The van der Waals surface area contributed by atoms with Gasteiger partial charge in [-0.25, -0.2) is 0 Å². The van der Waals surface area contributed by atoms with Crippen LogP contribution < -0.4 is 4.74 Å². The van der Waals surface area contributed by atoms with Crippen LogP contribution in [0.15, 0.2) is 28.7 Å². The summed E-state index contributed by atoms with van der Waals surface area (Å²) < 4.78 is 6.62. The SMILES string of the molecule is C[C@@H]1CCCN(C[C@@H](O)COc2ccc(Br)cc2)C1. The lowest BCUT2D eigenvalue weighted by molar-refractivity contribution is 0.0537. The zero-order valence-corrected chi connectivity index (χ0v) is 13.0. The fourth-order valence-electron chi connectivity index (χ4n) is 2.53. The predicted octanol–water partition coefficient (Wildman–Crippen LogP) is 2.92. The fourth-order valence-corrected chi connectivity index (χ4v) is 2.79. The summed E-state index contributed by atoms with van der Waals surface area (Å²) in [4.78, 5) is 2.34. The van der Waals surface area contributed by atoms with E-state index >= 15 is 0 Å². The molecule has 0 aromatic heterocycles. The van der Waals surface area contributed by atoms with E-state index < -0.39 is 6.10 Å². The van der Waals surface area contributed by atoms with Crippen LogP contribution >= 0.6 is 15.9 Å². The third kappa shape index (κ3) is 5.13. The second kappa shape index (κ2) is 7.27. The summed E-state index contributed by atoms with van der Waals surface area (Å²) in [7, 11) is 0. The number of likely N-dealkylation sites (tertiary alicyclic amines) is 1. The van der Waals surface area contributed by atoms with Crippen molar-refractivity contribution in [1.29, 1.82) is 0 Å². The highest BCUT2D eigenvalue weighted by molar-refractivity contribution is 9.10. The molecule has 0 radical (unpaired) electrons. The molecule has 19 heavy (non-hydrogen) atoms. The minimum Gasteiger partial charge on any atom is -0.491 e. The van der Waals surface area contributed by atoms with Crippen molar-refractivity contribution in [2.24, 2.45) is 5.92 Å². The molecular weight excluding hydrogens is 306 g/mol. The molecule has 1 N–H and O–H groups in total. The number of nitrogens with zero attached hydrogens (tertiary/aromatic N) is 1. The second-order valence-electron chi connectivity index (χ2n) is 5.43. The molecule has 0 bridgehead atoms. The molecule has 0 saturated carbocycles. The van der Waals surface area contributed by atoms with Gasteiger partial charge in [0.2, 0.25) is 0 Å². The molecule has 1 aromatic carbocycles. The number of aliphatic hydroxyl groups excluding tert-OH is 1. The van der Waals surface area contributed by atoms with E-state index in [1.54, 1.807) is 0 Å². The Balaban J connectivity index is 1.72. The number of halogens is 1. The van der Waals surface area contributed by atoms with E-state index in [1.807, 2.05) is 24.3 Å². The van der Waals surface area contributed by atoms with E-state index in [0.29, 0.717) is 13.2 Å². The topological polar surface area (TPSA) is 32.7 Å². The summed E-state index contributed by atoms with van der Waals surface area (Å²) >= 11 is 3.39. The summed E-state index contributed by atoms with van der Waals surface area (Å²) in [6, 6.07) is 7.68. The lowest BCUT2D eigenvalue weighted by Gasteiger charge is -2.32. The largest absolute Gasteiger partial charge is 0.491 e. The van der Waals surface area contributed by atoms with Gasteiger partial charge in [0.15, 0.2) is 0 Å². The molecule has 2 atom stereocenters. The van der Waals surface area contributed by atoms with Gasteiger partial charge in [0.1, 0.15) is 18.5 Å². The molecule has 0 spiro atoms. The van der Waals surface area contributed by atoms with Gasteiger partial charge >= 0.3 is 0 Å². The molecule has 0 amide bonds. The Hall–Kier alpha value is -0.580. The zero-order valence-electron chi connectivity index (χ0n) is 11.4. The number of rotatable bonds is 5. The van der Waals surface area contributed by atoms with Crippen LogP contribution in [0.4, 0.5) is 0 Å². The number of hydrogen-bond donors (Lipinski definition) is 1. The quantitative estimate of drug-likeness (QED) is 0.902. The van der Waals surface area contributed by atoms with Gasteiger partial charge in [-0.1, -0.05) is 22.9 Å². The maximum absolute atomic E-state index is 10.0. The fraction of sp³-hybridized carbons (Fsp3) is 0.600. The number of hydrogen-bond acceptors (Lipinski definition) is 3. The Morgan fingerprint density at radius 3 is 2.84 bits per heavy atom. The highest BCUT2D eigenvalue weighted by Crippen LogP contribution is 2.17. The molecule has 3 nitrogen and oxygen atoms in total. The molecule has 1 aliphatic heterocycles. The van der Waals surface area contributed by atoms with Crippen molar-refractivity contribution in [3.8, 4) is 5.75 Å². The van der Waals surface area contributed by atoms with Crippen molar-refractivity contribution in [2.75, 3.05) is 26.2 Å². The summed E-state index contributed by atoms with van der Waals surface area (Å²) in [5.41, 5.74) is 0. The molecule has 106 valence electrons. The maximum Gasteiger partial charge on any atom is 0.119 e. The highest BCUT2D eigenvalue weighted by Gasteiger charge is 2.19. The molecular formula is C15H22BrNO2. The van der Waals surface area contributed by atoms with E-state index in [1.165, 1.54) is 12.8 Å². The van der Waals surface area contributed by atoms with Crippen molar-refractivity contribution in [1.82, 2.24) is 4.90 Å². The van der Waals surface area contributed by atoms with Crippen LogP contribution in [0, 0.1) is 5.92 Å². The van der Waals surface area contributed by atoms with Crippen molar-refractivity contribution < 1.29 is 9.84 Å². The average molecular weight is 328 g/mol. The van der Waals surface area contributed by atoms with Crippen LogP contribution in [-0.2, 0) is 0 Å². The van der Waals surface area contributed by atoms with Crippen molar-refractivity contribution in [2.45, 2.75) is 25.9 Å². The van der Waals surface area contributed by atoms with Crippen LogP contribution in [-0.4, -0.2) is 42.4 Å². The Bertz CT molecular complexity index is 382. The predicted molar refractivity (Wildman–Crippen MR) is 80.5 cm³/mol. The van der Waals surface area contributed by atoms with Crippen molar-refractivity contribution >= 4 is 15.9 Å². The van der Waals surface area contributed by atoms with Gasteiger partial charge in [0.25, 0.3) is 0 Å². The van der Waals surface area contributed by atoms with E-state index in [2.05, 4.69) is 27.8 Å². The highest BCUT2D eigenvalue weighted by atomic mass is 79.9. The van der Waals surface area contributed by atoms with Crippen LogP contribution in [0.5, 0.6) is 5.75 Å². The maximum atomic E-state index is 10.0. The smallest absolute Gasteiger partial charge is 0.119 e. The summed E-state index contributed by atoms with van der Waals surface area (Å²) in [6.07, 6.45) is 2.12. The minimum absolute atomic E-state index is 0.354. The monoisotopic (exact) mass is 327 g/mol. The summed E-state index contributed by atoms with van der Waals surface area (Å²) in [5, 5.41) is 10.0. The Morgan fingerprint density at radius 1 is 1.42 bits per heavy atom. The van der Waals surface area contributed by atoms with Gasteiger partial charge < -0.3 is 14.7 Å². The normalized spacial score (nSPS) is 22.2. The minimum atomic E-state index is -0.422. The van der Waals surface area contributed by atoms with Gasteiger partial charge in [0, 0.05) is 17.6 Å². The second-order valence-corrected chi connectivity index (χ2v) is 6.34. The van der Waals surface area contributed by atoms with Crippen LogP contribution in [0.25, 0.3) is 0 Å². The summed E-state index contributed by atoms with van der Waals surface area (Å²) in [6.45, 7) is 5.53. The Morgan fingerprint density at radius 2 is 2.16 bits per heavy atom. The van der Waals surface area contributed by atoms with E-state index in [-0.39, 0.29) is 0 Å². The van der Waals surface area contributed by atoms with Gasteiger partial charge in [0.05, 0.1) is 0 Å². The van der Waals surface area contributed by atoms with Crippen molar-refractivity contribution in [3.05, 3.63) is 28.7 Å². The Labute approximate surface area is 123 Å². The molecule has 1 aromatic rings. The molecule has 1 heterocycles. The van der Waals surface area contributed by atoms with Gasteiger partial charge in [-0.15, -0.1) is 0 Å². The number of aliphatic hydroxyl groups is 1. The molecule has 2 rings (SSSR count). The standard InChI is InChI=1S/C15H22BrNO2/c1-12-3-2-8-17(9-12)10-14(18)11-19-15-6-4-13(16)5-7-15/h4-7,12,14,18H,2-3,8-11H2,1H3/t12-,14-/m1/s1. The van der Waals surface area contributed by atoms with E-state index in [4.69, 9.17) is 4.74 Å². The first-order chi connectivity index (χ1) is 9.13. The molecule has 4 heteroatoms. The number of β-amino-alcohol motifs (C(OH)–C–C–N with tert-alkyl or cyclic N) is 1. The van der Waals surface area contributed by atoms with Crippen LogP contribution in [0.3, 0.4) is 0 Å². The molecule has 1 aliphatic rings. The molecule has 1 fully saturated rings. The molecule has 0 unspecified atom stereocenters. The third-order valence-electron chi connectivity index (χ3n) is 3.47. The van der Waals surface area contributed by atoms with Gasteiger partial charge in [-0.2, -0.15) is 0 Å². The number of benzene rings is 1. The zero-order chi connectivity index (χ0) is 13.7. The van der Waals surface area contributed by atoms with Crippen LogP contribution in [0.1, 0.15) is 19.8 Å². The Kier molecular flexibility index (Phi) is 5.67. The lowest BCUT2D eigenvalue weighted by Crippen LogP contribution is -2.41.